The van der Waals surface area contributed by atoms with Crippen molar-refractivity contribution in [2.75, 3.05) is 26.4 Å². The second-order valence-corrected chi connectivity index (χ2v) is 22.5. The van der Waals surface area contributed by atoms with E-state index in [1.807, 2.05) is 0 Å². The van der Waals surface area contributed by atoms with Crippen molar-refractivity contribution in [3.63, 3.8) is 0 Å². The lowest BCUT2D eigenvalue weighted by atomic mass is 9.42. The van der Waals surface area contributed by atoms with Crippen molar-refractivity contribution >= 4 is 0 Å². The highest BCUT2D eigenvalue weighted by Crippen LogP contribution is 2.72. The quantitative estimate of drug-likeness (QED) is 0.244. The molecule has 2 saturated heterocycles. The third-order valence-corrected chi connectivity index (χ3v) is 17.5. The van der Waals surface area contributed by atoms with Crippen molar-refractivity contribution in [2.45, 2.75) is 170 Å². The maximum atomic E-state index is 7.70. The lowest BCUT2D eigenvalue weighted by Crippen LogP contribution is -2.54. The Bertz CT molecular complexity index is 1470. The van der Waals surface area contributed by atoms with Crippen LogP contribution in [0.1, 0.15) is 159 Å². The predicted octanol–water partition coefficient (Wildman–Crippen LogP) is 9.94. The van der Waals surface area contributed by atoms with E-state index in [0.717, 1.165) is 79.7 Å². The molecule has 50 heavy (non-hydrogen) atoms. The van der Waals surface area contributed by atoms with Crippen LogP contribution < -0.4 is 9.47 Å². The van der Waals surface area contributed by atoms with Crippen LogP contribution in [0.2, 0.25) is 0 Å². The van der Waals surface area contributed by atoms with Gasteiger partial charge < -0.3 is 18.9 Å². The summed E-state index contributed by atoms with van der Waals surface area (Å²) in [5, 5.41) is 0. The first-order valence-electron chi connectivity index (χ1n) is 21.9. The molecule has 2 atom stereocenters. The second kappa shape index (κ2) is 10.5. The van der Waals surface area contributed by atoms with Crippen LogP contribution in [-0.2, 0) is 31.1 Å². The fourth-order valence-electron chi connectivity index (χ4n) is 17.2. The van der Waals surface area contributed by atoms with Crippen LogP contribution in [0, 0.1) is 53.3 Å². The van der Waals surface area contributed by atoms with E-state index in [4.69, 9.17) is 18.9 Å². The minimum absolute atomic E-state index is 0.0381. The first-order chi connectivity index (χ1) is 24.1. The third kappa shape index (κ3) is 4.73. The van der Waals surface area contributed by atoms with E-state index in [1.165, 1.54) is 127 Å². The second-order valence-electron chi connectivity index (χ2n) is 22.5. The van der Waals surface area contributed by atoms with Crippen LogP contribution >= 0.6 is 0 Å². The van der Waals surface area contributed by atoms with Gasteiger partial charge in [-0.1, -0.05) is 20.8 Å². The fourth-order valence-corrected chi connectivity index (χ4v) is 17.2. The van der Waals surface area contributed by atoms with Gasteiger partial charge in [0.15, 0.2) is 0 Å². The molecule has 2 heterocycles. The topological polar surface area (TPSA) is 43.5 Å². The van der Waals surface area contributed by atoms with Gasteiger partial charge in [0.05, 0.1) is 13.2 Å². The Morgan fingerprint density at radius 2 is 0.740 bits per heavy atom. The van der Waals surface area contributed by atoms with Gasteiger partial charge >= 0.3 is 0 Å². The van der Waals surface area contributed by atoms with Crippen molar-refractivity contribution in [1.29, 1.82) is 0 Å². The lowest BCUT2D eigenvalue weighted by Gasteiger charge is -2.62. The molecule has 0 radical (unpaired) electrons. The summed E-state index contributed by atoms with van der Waals surface area (Å²) >= 11 is 0. The summed E-state index contributed by atoms with van der Waals surface area (Å²) in [5.74, 6) is 10.9. The van der Waals surface area contributed by atoms with Crippen LogP contribution in [0.5, 0.6) is 11.5 Å². The van der Waals surface area contributed by atoms with Gasteiger partial charge in [-0.05, 0) is 174 Å². The summed E-state index contributed by atoms with van der Waals surface area (Å²) in [6, 6.07) is 0. The van der Waals surface area contributed by atoms with Crippen LogP contribution in [0.4, 0.5) is 0 Å². The predicted molar refractivity (Wildman–Crippen MR) is 195 cm³/mol. The summed E-state index contributed by atoms with van der Waals surface area (Å²) in [5.41, 5.74) is 7.40. The highest BCUT2D eigenvalue weighted by molar-refractivity contribution is 5.69. The van der Waals surface area contributed by atoms with Crippen molar-refractivity contribution in [2.24, 2.45) is 53.3 Å². The molecule has 0 amide bonds. The highest BCUT2D eigenvalue weighted by Gasteiger charge is 2.62. The molecule has 2 unspecified atom stereocenters. The minimum atomic E-state index is -0.0381. The number of rotatable bonds is 9. The van der Waals surface area contributed by atoms with Crippen LogP contribution in [0.15, 0.2) is 0 Å². The summed E-state index contributed by atoms with van der Waals surface area (Å²) in [6.45, 7) is 10.8. The average molecular weight is 681 g/mol. The monoisotopic (exact) mass is 680 g/mol. The van der Waals surface area contributed by atoms with Crippen molar-refractivity contribution in [1.82, 2.24) is 0 Å². The van der Waals surface area contributed by atoms with Crippen LogP contribution in [0.3, 0.4) is 0 Å². The molecule has 12 saturated carbocycles. The molecular weight excluding hydrogens is 617 g/mol. The van der Waals surface area contributed by atoms with Gasteiger partial charge in [0.25, 0.3) is 0 Å². The third-order valence-electron chi connectivity index (χ3n) is 17.5. The van der Waals surface area contributed by atoms with E-state index in [-0.39, 0.29) is 33.9 Å². The molecule has 4 nitrogen and oxygen atoms in total. The zero-order valence-electron chi connectivity index (χ0n) is 31.5. The molecule has 0 spiro atoms. The molecule has 0 N–H and O–H groups in total. The average Bonchev–Trinajstić information content (AvgIpc) is 3.96. The van der Waals surface area contributed by atoms with Gasteiger partial charge in [-0.3, -0.25) is 0 Å². The van der Waals surface area contributed by atoms with E-state index in [9.17, 15) is 0 Å². The first-order valence-corrected chi connectivity index (χ1v) is 21.9. The van der Waals surface area contributed by atoms with E-state index < -0.39 is 0 Å². The maximum absolute atomic E-state index is 7.70. The Hall–Kier alpha value is -1.26. The molecule has 15 rings (SSSR count). The normalized spacial score (nSPS) is 49.9. The molecule has 272 valence electrons. The molecule has 1 aromatic carbocycles. The first kappa shape index (κ1) is 31.1. The van der Waals surface area contributed by atoms with Gasteiger partial charge in [-0.2, -0.15) is 0 Å². The zero-order chi connectivity index (χ0) is 33.2. The molecule has 2 aliphatic heterocycles. The number of epoxide rings is 2. The molecule has 14 fully saturated rings. The maximum Gasteiger partial charge on any atom is 0.127 e. The molecule has 12 aliphatic carbocycles. The number of hydrogen-bond donors (Lipinski definition) is 0. The Balaban J connectivity index is 1.18. The van der Waals surface area contributed by atoms with Gasteiger partial charge in [-0.25, -0.2) is 0 Å². The summed E-state index contributed by atoms with van der Waals surface area (Å²) in [4.78, 5) is 0. The lowest BCUT2D eigenvalue weighted by molar-refractivity contribution is -0.0215. The number of ether oxygens (including phenoxy) is 4. The Morgan fingerprint density at radius 3 is 1.04 bits per heavy atom. The Labute approximate surface area is 301 Å². The van der Waals surface area contributed by atoms with Gasteiger partial charge in [0.2, 0.25) is 0 Å². The zero-order valence-corrected chi connectivity index (χ0v) is 31.5. The van der Waals surface area contributed by atoms with E-state index in [0.29, 0.717) is 0 Å². The van der Waals surface area contributed by atoms with E-state index >= 15 is 0 Å². The molecule has 12 bridgehead atoms. The SMILES string of the molecule is CC(C)(C)c1c(OCC2CO2)c(C23CC4CC(CC(C4)C2)C3)c(C23CC4CC(CC(C4)C2)C3)c(OCC2CO2)c1C12CC3CC(CC(C3)C1)C2. The molecule has 1 aromatic rings. The molecule has 4 heteroatoms. The molecule has 14 aliphatic rings. The van der Waals surface area contributed by atoms with E-state index in [1.54, 1.807) is 22.3 Å². The Kier molecular flexibility index (Phi) is 6.53. The largest absolute Gasteiger partial charge is 0.490 e. The minimum Gasteiger partial charge on any atom is -0.490 e. The molecular formula is C46H64O4. The summed E-state index contributed by atoms with van der Waals surface area (Å²) < 4.78 is 27.2. The number of benzene rings is 1. The fraction of sp³-hybridized carbons (Fsp3) is 0.870. The summed E-state index contributed by atoms with van der Waals surface area (Å²) in [7, 11) is 0. The van der Waals surface area contributed by atoms with Crippen molar-refractivity contribution in [3.05, 3.63) is 22.3 Å². The van der Waals surface area contributed by atoms with Gasteiger partial charge in [0, 0.05) is 38.5 Å². The smallest absolute Gasteiger partial charge is 0.127 e. The highest BCUT2D eigenvalue weighted by atomic mass is 16.6. The van der Waals surface area contributed by atoms with Crippen LogP contribution in [-0.4, -0.2) is 38.6 Å². The van der Waals surface area contributed by atoms with E-state index in [2.05, 4.69) is 20.8 Å². The van der Waals surface area contributed by atoms with Gasteiger partial charge in [-0.15, -0.1) is 0 Å². The number of hydrogen-bond acceptors (Lipinski definition) is 4. The molecule has 0 aromatic heterocycles. The van der Waals surface area contributed by atoms with Crippen molar-refractivity contribution < 1.29 is 18.9 Å². The Morgan fingerprint density at radius 1 is 0.460 bits per heavy atom. The standard InChI is InChI=1S/C46H64O4/c1-43(2,3)37-38(44-13-26-4-27(14-44)6-28(5-26)15-44)42(50-25-36-23-48-36)40(46-19-32-10-33(20-46)12-34(11-32)21-46)39(41(37)49-24-35-22-47-35)45-16-29-7-30(17-45)9-31(8-29)18-45/h26-36H,4-25H2,1-3H3. The van der Waals surface area contributed by atoms with Gasteiger partial charge in [0.1, 0.15) is 36.9 Å². The van der Waals surface area contributed by atoms with Crippen LogP contribution in [0.25, 0.3) is 0 Å². The summed E-state index contributed by atoms with van der Waals surface area (Å²) in [6.07, 6.45) is 26.4. The van der Waals surface area contributed by atoms with Crippen molar-refractivity contribution in [3.8, 4) is 11.5 Å².